The fourth-order valence-electron chi connectivity index (χ4n) is 1.54. The molecule has 2 atom stereocenters. The first kappa shape index (κ1) is 14.1. The molecule has 1 aromatic rings. The number of rotatable bonds is 4. The van der Waals surface area contributed by atoms with Gasteiger partial charge in [-0.3, -0.25) is 4.79 Å². The third-order valence-electron chi connectivity index (χ3n) is 2.26. The predicted octanol–water partition coefficient (Wildman–Crippen LogP) is 3.18. The largest absolute Gasteiger partial charge is 0.507 e. The van der Waals surface area contributed by atoms with E-state index >= 15 is 0 Å². The number of alkyl halides is 1. The van der Waals surface area contributed by atoms with Crippen LogP contribution < -0.4 is 5.32 Å². The number of carbonyl (C=O) groups is 1. The molecule has 3 nitrogen and oxygen atoms in total. The van der Waals surface area contributed by atoms with Gasteiger partial charge in [-0.25, -0.2) is 0 Å². The molecule has 0 bridgehead atoms. The van der Waals surface area contributed by atoms with Gasteiger partial charge in [-0.05, 0) is 38.5 Å². The van der Waals surface area contributed by atoms with Crippen LogP contribution in [-0.4, -0.2) is 22.4 Å². The lowest BCUT2D eigenvalue weighted by Gasteiger charge is -2.15. The van der Waals surface area contributed by atoms with Crippen molar-refractivity contribution in [2.45, 2.75) is 31.7 Å². The smallest absolute Gasteiger partial charge is 0.255 e. The number of amides is 1. The minimum Gasteiger partial charge on any atom is -0.507 e. The molecule has 0 aliphatic heterocycles. The van der Waals surface area contributed by atoms with E-state index in [-0.39, 0.29) is 28.6 Å². The molecular formula is C12H15Cl2NO2. The first-order valence-electron chi connectivity index (χ1n) is 5.33. The molecule has 1 rings (SSSR count). The summed E-state index contributed by atoms with van der Waals surface area (Å²) in [7, 11) is 0. The van der Waals surface area contributed by atoms with Gasteiger partial charge in [-0.1, -0.05) is 11.6 Å². The minimum atomic E-state index is -0.352. The van der Waals surface area contributed by atoms with Gasteiger partial charge < -0.3 is 10.4 Å². The van der Waals surface area contributed by atoms with E-state index in [1.165, 1.54) is 18.2 Å². The van der Waals surface area contributed by atoms with Crippen LogP contribution >= 0.6 is 23.2 Å². The van der Waals surface area contributed by atoms with Crippen LogP contribution in [0.25, 0.3) is 0 Å². The van der Waals surface area contributed by atoms with E-state index < -0.39 is 0 Å². The SMILES string of the molecule is CC(Cl)CC(C)NC(=O)c1cc(Cl)ccc1O. The van der Waals surface area contributed by atoms with Crippen LogP contribution in [-0.2, 0) is 0 Å². The van der Waals surface area contributed by atoms with E-state index in [2.05, 4.69) is 5.32 Å². The maximum atomic E-state index is 11.8. The molecule has 0 saturated carbocycles. The second-order valence-corrected chi connectivity index (χ2v) is 5.23. The highest BCUT2D eigenvalue weighted by atomic mass is 35.5. The Kier molecular flexibility index (Phi) is 5.09. The Bertz CT molecular complexity index is 407. The summed E-state index contributed by atoms with van der Waals surface area (Å²) in [5.41, 5.74) is 0.173. The van der Waals surface area contributed by atoms with Crippen molar-refractivity contribution in [1.82, 2.24) is 5.32 Å². The van der Waals surface area contributed by atoms with E-state index in [9.17, 15) is 9.90 Å². The third kappa shape index (κ3) is 4.44. The molecule has 2 unspecified atom stereocenters. The van der Waals surface area contributed by atoms with E-state index in [0.717, 1.165) is 0 Å². The molecule has 2 N–H and O–H groups in total. The highest BCUT2D eigenvalue weighted by molar-refractivity contribution is 6.31. The fraction of sp³-hybridized carbons (Fsp3) is 0.417. The molecule has 94 valence electrons. The van der Waals surface area contributed by atoms with Gasteiger partial charge in [0.15, 0.2) is 0 Å². The van der Waals surface area contributed by atoms with E-state index in [4.69, 9.17) is 23.2 Å². The van der Waals surface area contributed by atoms with Crippen molar-refractivity contribution in [1.29, 1.82) is 0 Å². The predicted molar refractivity (Wildman–Crippen MR) is 70.0 cm³/mol. The lowest BCUT2D eigenvalue weighted by Crippen LogP contribution is -2.33. The first-order valence-corrected chi connectivity index (χ1v) is 6.15. The topological polar surface area (TPSA) is 49.3 Å². The maximum absolute atomic E-state index is 11.8. The molecule has 0 aromatic heterocycles. The fourth-order valence-corrected chi connectivity index (χ4v) is 1.98. The summed E-state index contributed by atoms with van der Waals surface area (Å²) in [5.74, 6) is -0.437. The van der Waals surface area contributed by atoms with Gasteiger partial charge in [-0.2, -0.15) is 0 Å². The molecule has 0 radical (unpaired) electrons. The van der Waals surface area contributed by atoms with Crippen LogP contribution in [0.2, 0.25) is 5.02 Å². The average Bonchev–Trinajstić information content (AvgIpc) is 2.20. The summed E-state index contributed by atoms with van der Waals surface area (Å²) in [6, 6.07) is 4.29. The number of phenolic OH excluding ortho intramolecular Hbond substituents is 1. The Morgan fingerprint density at radius 3 is 2.71 bits per heavy atom. The van der Waals surface area contributed by atoms with E-state index in [0.29, 0.717) is 11.4 Å². The first-order chi connectivity index (χ1) is 7.90. The Hall–Kier alpha value is -0.930. The molecule has 0 heterocycles. The second-order valence-electron chi connectivity index (χ2n) is 4.05. The standard InChI is InChI=1S/C12H15Cl2NO2/c1-7(13)5-8(2)15-12(17)10-6-9(14)3-4-11(10)16/h3-4,6-8,16H,5H2,1-2H3,(H,15,17). The van der Waals surface area contributed by atoms with Crippen LogP contribution in [0.4, 0.5) is 0 Å². The zero-order valence-corrected chi connectivity index (χ0v) is 11.2. The van der Waals surface area contributed by atoms with Crippen molar-refractivity contribution in [3.63, 3.8) is 0 Å². The Morgan fingerprint density at radius 1 is 1.47 bits per heavy atom. The summed E-state index contributed by atoms with van der Waals surface area (Å²) >= 11 is 11.6. The number of phenols is 1. The van der Waals surface area contributed by atoms with Gasteiger partial charge >= 0.3 is 0 Å². The molecule has 0 saturated heterocycles. The van der Waals surface area contributed by atoms with Crippen molar-refractivity contribution in [3.05, 3.63) is 28.8 Å². The van der Waals surface area contributed by atoms with Gasteiger partial charge in [0, 0.05) is 16.4 Å². The zero-order valence-electron chi connectivity index (χ0n) is 9.71. The van der Waals surface area contributed by atoms with Crippen molar-refractivity contribution in [2.24, 2.45) is 0 Å². The van der Waals surface area contributed by atoms with E-state index in [1.807, 2.05) is 13.8 Å². The third-order valence-corrected chi connectivity index (χ3v) is 2.67. The molecular weight excluding hydrogens is 261 g/mol. The second kappa shape index (κ2) is 6.12. The molecule has 0 fully saturated rings. The zero-order chi connectivity index (χ0) is 13.0. The highest BCUT2D eigenvalue weighted by Gasteiger charge is 2.15. The number of hydrogen-bond donors (Lipinski definition) is 2. The van der Waals surface area contributed by atoms with Gasteiger partial charge in [0.05, 0.1) is 5.56 Å². The minimum absolute atomic E-state index is 0.0155. The van der Waals surface area contributed by atoms with Gasteiger partial charge in [0.1, 0.15) is 5.75 Å². The monoisotopic (exact) mass is 275 g/mol. The number of halogens is 2. The molecule has 1 amide bonds. The normalized spacial score (nSPS) is 14.1. The molecule has 5 heteroatoms. The van der Waals surface area contributed by atoms with Crippen molar-refractivity contribution in [3.8, 4) is 5.75 Å². The van der Waals surface area contributed by atoms with E-state index in [1.54, 1.807) is 0 Å². The summed E-state index contributed by atoms with van der Waals surface area (Å²) in [4.78, 5) is 11.8. The van der Waals surface area contributed by atoms with Crippen LogP contribution in [0.15, 0.2) is 18.2 Å². The van der Waals surface area contributed by atoms with Crippen LogP contribution in [0.3, 0.4) is 0 Å². The van der Waals surface area contributed by atoms with Crippen molar-refractivity contribution < 1.29 is 9.90 Å². The summed E-state index contributed by atoms with van der Waals surface area (Å²) < 4.78 is 0. The lowest BCUT2D eigenvalue weighted by atomic mass is 10.1. The van der Waals surface area contributed by atoms with Gasteiger partial charge in [0.25, 0.3) is 5.91 Å². The molecule has 17 heavy (non-hydrogen) atoms. The summed E-state index contributed by atoms with van der Waals surface area (Å²) in [6.07, 6.45) is 0.661. The van der Waals surface area contributed by atoms with Gasteiger partial charge in [-0.15, -0.1) is 11.6 Å². The Balaban J connectivity index is 2.73. The number of hydrogen-bond acceptors (Lipinski definition) is 2. The number of nitrogens with one attached hydrogen (secondary N) is 1. The molecule has 0 aliphatic carbocycles. The number of carbonyl (C=O) groups excluding carboxylic acids is 1. The Morgan fingerprint density at radius 2 is 2.12 bits per heavy atom. The molecule has 1 aromatic carbocycles. The highest BCUT2D eigenvalue weighted by Crippen LogP contribution is 2.21. The summed E-state index contributed by atoms with van der Waals surface area (Å²) in [5, 5.41) is 12.7. The summed E-state index contributed by atoms with van der Waals surface area (Å²) in [6.45, 7) is 3.72. The maximum Gasteiger partial charge on any atom is 0.255 e. The number of aromatic hydroxyl groups is 1. The van der Waals surface area contributed by atoms with Crippen LogP contribution in [0.5, 0.6) is 5.75 Å². The quantitative estimate of drug-likeness (QED) is 0.830. The Labute approximate surface area is 111 Å². The van der Waals surface area contributed by atoms with Crippen LogP contribution in [0, 0.1) is 0 Å². The average molecular weight is 276 g/mol. The lowest BCUT2D eigenvalue weighted by molar-refractivity contribution is 0.0936. The molecule has 0 spiro atoms. The van der Waals surface area contributed by atoms with Crippen molar-refractivity contribution >= 4 is 29.1 Å². The number of benzene rings is 1. The van der Waals surface area contributed by atoms with Gasteiger partial charge in [0.2, 0.25) is 0 Å². The molecule has 0 aliphatic rings. The van der Waals surface area contributed by atoms with Crippen LogP contribution in [0.1, 0.15) is 30.6 Å². The van der Waals surface area contributed by atoms with Crippen molar-refractivity contribution in [2.75, 3.05) is 0 Å².